The highest BCUT2D eigenvalue weighted by Gasteiger charge is 2.43. The maximum atomic E-state index is 14.5. The van der Waals surface area contributed by atoms with Gasteiger partial charge in [0, 0.05) is 46.9 Å². The number of ether oxygens (including phenoxy) is 1. The van der Waals surface area contributed by atoms with Gasteiger partial charge >= 0.3 is 6.09 Å². The van der Waals surface area contributed by atoms with E-state index in [1.54, 1.807) is 54.7 Å². The molecule has 1 aromatic heterocycles. The van der Waals surface area contributed by atoms with Crippen molar-refractivity contribution in [3.8, 4) is 11.3 Å². The average molecular weight is 727 g/mol. The zero-order chi connectivity index (χ0) is 36.8. The number of hydrogen-bond acceptors (Lipinski definition) is 9. The van der Waals surface area contributed by atoms with Gasteiger partial charge < -0.3 is 20.4 Å². The Kier molecular flexibility index (Phi) is 11.4. The molecule has 0 aliphatic carbocycles. The third-order valence-corrected chi connectivity index (χ3v) is 9.93. The molecule has 2 aliphatic rings. The van der Waals surface area contributed by atoms with Crippen molar-refractivity contribution in [2.24, 2.45) is 11.0 Å². The lowest BCUT2D eigenvalue weighted by Crippen LogP contribution is -2.55. The zero-order valence-corrected chi connectivity index (χ0v) is 29.3. The Hall–Kier alpha value is -5.44. The summed E-state index contributed by atoms with van der Waals surface area (Å²) in [5.41, 5.74) is 17.6. The molecule has 2 fully saturated rings. The molecule has 2 aliphatic heterocycles. The third-order valence-electron chi connectivity index (χ3n) is 9.70. The number of likely N-dealkylation sites (tertiary alicyclic amines) is 2. The van der Waals surface area contributed by atoms with Crippen molar-refractivity contribution in [3.05, 3.63) is 107 Å². The van der Waals surface area contributed by atoms with Gasteiger partial charge in [-0.3, -0.25) is 20.4 Å². The number of aromatic nitrogens is 2. The van der Waals surface area contributed by atoms with Crippen LogP contribution in [-0.4, -0.2) is 76.9 Å². The van der Waals surface area contributed by atoms with Crippen molar-refractivity contribution in [2.75, 3.05) is 37.1 Å². The summed E-state index contributed by atoms with van der Waals surface area (Å²) >= 11 is 6.32. The number of nitrogens with one attached hydrogen (secondary N) is 4. The molecular weight excluding hydrogens is 687 g/mol. The molecule has 0 saturated carbocycles. The van der Waals surface area contributed by atoms with Crippen LogP contribution in [0.2, 0.25) is 5.02 Å². The molecule has 0 bridgehead atoms. The van der Waals surface area contributed by atoms with E-state index in [4.69, 9.17) is 33.3 Å². The van der Waals surface area contributed by atoms with Crippen molar-refractivity contribution in [2.45, 2.75) is 43.3 Å². The highest BCUT2D eigenvalue weighted by Crippen LogP contribution is 2.44. The van der Waals surface area contributed by atoms with Gasteiger partial charge in [0.15, 0.2) is 0 Å². The van der Waals surface area contributed by atoms with Crippen molar-refractivity contribution >= 4 is 47.4 Å². The first kappa shape index (κ1) is 36.4. The Morgan fingerprint density at radius 3 is 2.54 bits per heavy atom. The van der Waals surface area contributed by atoms with Gasteiger partial charge in [-0.25, -0.2) is 19.2 Å². The Balaban J connectivity index is 1.40. The van der Waals surface area contributed by atoms with E-state index in [0.29, 0.717) is 46.4 Å². The molecule has 3 aromatic carbocycles. The molecule has 52 heavy (non-hydrogen) atoms. The summed E-state index contributed by atoms with van der Waals surface area (Å²) < 4.78 is 18.9. The summed E-state index contributed by atoms with van der Waals surface area (Å²) in [4.78, 5) is 38.7. The zero-order valence-electron chi connectivity index (χ0n) is 28.5. The Bertz CT molecular complexity index is 1920. The van der Waals surface area contributed by atoms with Crippen LogP contribution in [0.3, 0.4) is 0 Å². The number of piperidine rings is 2. The molecule has 4 aromatic rings. The third kappa shape index (κ3) is 8.20. The van der Waals surface area contributed by atoms with Crippen LogP contribution in [0, 0.1) is 16.8 Å². The summed E-state index contributed by atoms with van der Waals surface area (Å²) in [6.45, 7) is 2.01. The predicted molar refractivity (Wildman–Crippen MR) is 198 cm³/mol. The van der Waals surface area contributed by atoms with Gasteiger partial charge in [0.1, 0.15) is 18.0 Å². The fourth-order valence-electron chi connectivity index (χ4n) is 7.01. The number of rotatable bonds is 10. The molecule has 0 spiro atoms. The van der Waals surface area contributed by atoms with Crippen LogP contribution in [0.1, 0.15) is 48.2 Å². The summed E-state index contributed by atoms with van der Waals surface area (Å²) in [6.07, 6.45) is 7.51. The second-order valence-corrected chi connectivity index (χ2v) is 13.3. The number of methoxy groups -OCH3 is 1. The Labute approximate surface area is 305 Å². The van der Waals surface area contributed by atoms with E-state index in [1.807, 2.05) is 17.0 Å². The number of halogens is 2. The van der Waals surface area contributed by atoms with E-state index >= 15 is 0 Å². The molecule has 2 saturated heterocycles. The monoisotopic (exact) mass is 726 g/mol. The second kappa shape index (κ2) is 16.3. The lowest BCUT2D eigenvalue weighted by atomic mass is 9.80. The molecule has 3 unspecified atom stereocenters. The number of nitrogens with zero attached hydrogens (tertiary/aromatic N) is 5. The number of imidazole rings is 1. The number of H-pyrrole nitrogens is 1. The first-order valence-corrected chi connectivity index (χ1v) is 17.3. The summed E-state index contributed by atoms with van der Waals surface area (Å²) in [5.74, 6) is -0.333. The maximum Gasteiger partial charge on any atom is 0.411 e. The number of benzene rings is 3. The number of anilines is 2. The van der Waals surface area contributed by atoms with Crippen molar-refractivity contribution in [1.29, 1.82) is 10.9 Å². The van der Waals surface area contributed by atoms with E-state index in [0.717, 1.165) is 48.4 Å². The minimum absolute atomic E-state index is 0.00214. The van der Waals surface area contributed by atoms with Crippen LogP contribution in [0.15, 0.2) is 84.2 Å². The number of hydrogen-bond donors (Lipinski definition) is 5. The Morgan fingerprint density at radius 1 is 1.13 bits per heavy atom. The quantitative estimate of drug-likeness (QED) is 0.0385. The minimum Gasteiger partial charge on any atom is -0.453 e. The molecule has 2 amide bonds. The predicted octanol–water partition coefficient (Wildman–Crippen LogP) is 6.97. The van der Waals surface area contributed by atoms with E-state index in [2.05, 4.69) is 25.2 Å². The lowest BCUT2D eigenvalue weighted by Gasteiger charge is -2.48. The molecule has 3 heterocycles. The van der Waals surface area contributed by atoms with Gasteiger partial charge in [-0.15, -0.1) is 0 Å². The normalized spacial score (nSPS) is 19.7. The minimum atomic E-state index is -0.574. The van der Waals surface area contributed by atoms with Gasteiger partial charge in [-0.1, -0.05) is 41.1 Å². The molecule has 6 N–H and O–H groups in total. The molecule has 15 heteroatoms. The van der Waals surface area contributed by atoms with E-state index in [1.165, 1.54) is 25.3 Å². The molecule has 13 nitrogen and oxygen atoms in total. The van der Waals surface area contributed by atoms with E-state index < -0.39 is 12.1 Å². The Morgan fingerprint density at radius 2 is 1.87 bits per heavy atom. The van der Waals surface area contributed by atoms with Gasteiger partial charge in [0.25, 0.3) is 0 Å². The highest BCUT2D eigenvalue weighted by molar-refractivity contribution is 6.30. The maximum absolute atomic E-state index is 14.5. The van der Waals surface area contributed by atoms with Gasteiger partial charge in [0.2, 0.25) is 5.91 Å². The summed E-state index contributed by atoms with van der Waals surface area (Å²) in [7, 11) is 1.30. The topological polar surface area (TPSA) is 180 Å². The number of nitrogens with two attached hydrogens (primary N) is 1. The van der Waals surface area contributed by atoms with Crippen molar-refractivity contribution in [3.63, 3.8) is 0 Å². The standard InChI is InChI=1S/C37H40ClFN10O3/c1-52-37(51)44-29-10-4-24(5-11-29)32-20-43-36(45-32)35-31(23-2-8-27(39)9-3-23)19-30(47-16-14-28(41)15-17-47)21-48(35)34(50)13-6-25-18-26(38)7-12-33(25)49(22-40)46-42/h2-13,18,20,22,28,30-31,35,40,42H,14-17,19,21,41H2,1H3,(H,43,45)(H,44,51). The van der Waals surface area contributed by atoms with Gasteiger partial charge in [-0.05, 0) is 92.0 Å². The smallest absolute Gasteiger partial charge is 0.411 e. The number of carbonyl (C=O) groups is 2. The molecular formula is C37H40ClFN10O3. The molecule has 270 valence electrons. The number of amides is 2. The SMILES string of the molecule is COC(=O)Nc1ccc(-c2cnc(C3C(c4ccc(F)cc4)CC(N4CCC(N)CC4)CN3C(=O)C=Cc3cc(Cl)ccc3N(C=N)N=N)[nH]2)cc1. The van der Waals surface area contributed by atoms with Crippen molar-refractivity contribution < 1.29 is 18.7 Å². The largest absolute Gasteiger partial charge is 0.453 e. The molecule has 0 radical (unpaired) electrons. The molecule has 3 atom stereocenters. The van der Waals surface area contributed by atoms with Crippen LogP contribution in [0.4, 0.5) is 20.6 Å². The van der Waals surface area contributed by atoms with Crippen LogP contribution < -0.4 is 16.1 Å². The van der Waals surface area contributed by atoms with Crippen LogP contribution in [0.25, 0.3) is 17.3 Å². The van der Waals surface area contributed by atoms with Gasteiger partial charge in [-0.2, -0.15) is 5.53 Å². The van der Waals surface area contributed by atoms with Crippen LogP contribution >= 0.6 is 11.6 Å². The lowest BCUT2D eigenvalue weighted by molar-refractivity contribution is -0.132. The van der Waals surface area contributed by atoms with Gasteiger partial charge in [0.05, 0.1) is 30.7 Å². The first-order valence-electron chi connectivity index (χ1n) is 16.9. The fraction of sp³-hybridized carbons (Fsp3) is 0.297. The fourth-order valence-corrected chi connectivity index (χ4v) is 7.19. The first-order chi connectivity index (χ1) is 25.2. The second-order valence-electron chi connectivity index (χ2n) is 12.8. The van der Waals surface area contributed by atoms with Crippen LogP contribution in [-0.2, 0) is 9.53 Å². The highest BCUT2D eigenvalue weighted by atomic mass is 35.5. The number of carbonyl (C=O) groups excluding carboxylic acids is 2. The summed E-state index contributed by atoms with van der Waals surface area (Å²) in [5, 5.41) is 15.2. The van der Waals surface area contributed by atoms with E-state index in [9.17, 15) is 14.0 Å². The number of aromatic amines is 1. The average Bonchev–Trinajstić information content (AvgIpc) is 3.65. The van der Waals surface area contributed by atoms with E-state index in [-0.39, 0.29) is 29.7 Å². The van der Waals surface area contributed by atoms with Crippen LogP contribution in [0.5, 0.6) is 0 Å². The van der Waals surface area contributed by atoms with Crippen molar-refractivity contribution in [1.82, 2.24) is 19.8 Å². The summed E-state index contributed by atoms with van der Waals surface area (Å²) in [6, 6.07) is 18.1. The molecule has 6 rings (SSSR count).